The van der Waals surface area contributed by atoms with Crippen LogP contribution in [0.15, 0.2) is 82.2 Å². The Morgan fingerprint density at radius 3 is 2.21 bits per heavy atom. The highest BCUT2D eigenvalue weighted by molar-refractivity contribution is 7.92. The number of rotatable bonds is 7. The first kappa shape index (κ1) is 22.7. The van der Waals surface area contributed by atoms with Crippen molar-refractivity contribution in [2.24, 2.45) is 0 Å². The minimum atomic E-state index is -4.00. The normalized spacial score (nSPS) is 11.4. The van der Waals surface area contributed by atoms with E-state index in [-0.39, 0.29) is 23.1 Å². The number of carbonyl (C=O) groups is 1. The number of benzene rings is 3. The molecule has 0 aliphatic rings. The standard InChI is InChI=1S/C24H20ClN3O4S/c1-16-3-5-19(6-4-16)24-26-23(32-27-24)15-28(21-11-7-18(8-12-21)17(2)29)33(30,31)22-13-9-20(25)10-14-22/h3-14H,15H2,1-2H3. The molecule has 168 valence electrons. The van der Waals surface area contributed by atoms with Crippen molar-refractivity contribution in [2.75, 3.05) is 4.31 Å². The monoisotopic (exact) mass is 481 g/mol. The number of hydrogen-bond donors (Lipinski definition) is 0. The minimum Gasteiger partial charge on any atom is -0.337 e. The van der Waals surface area contributed by atoms with E-state index < -0.39 is 10.0 Å². The number of aromatic nitrogens is 2. The number of Topliss-reactive ketones (excluding diaryl/α,β-unsaturated/α-hetero) is 1. The van der Waals surface area contributed by atoms with Crippen molar-refractivity contribution in [1.29, 1.82) is 0 Å². The molecule has 0 fully saturated rings. The van der Waals surface area contributed by atoms with Gasteiger partial charge in [-0.3, -0.25) is 9.10 Å². The van der Waals surface area contributed by atoms with E-state index in [1.165, 1.54) is 31.2 Å². The zero-order valence-corrected chi connectivity index (χ0v) is 19.5. The second-order valence-corrected chi connectivity index (χ2v) is 9.75. The van der Waals surface area contributed by atoms with Gasteiger partial charge in [0.05, 0.1) is 10.6 Å². The zero-order valence-electron chi connectivity index (χ0n) is 17.9. The minimum absolute atomic E-state index is 0.0563. The van der Waals surface area contributed by atoms with Gasteiger partial charge in [-0.05, 0) is 62.4 Å². The Morgan fingerprint density at radius 1 is 0.970 bits per heavy atom. The molecule has 0 aliphatic heterocycles. The lowest BCUT2D eigenvalue weighted by Gasteiger charge is -2.23. The van der Waals surface area contributed by atoms with E-state index in [4.69, 9.17) is 16.1 Å². The lowest BCUT2D eigenvalue weighted by molar-refractivity contribution is 0.101. The number of aryl methyl sites for hydroxylation is 1. The lowest BCUT2D eigenvalue weighted by atomic mass is 10.1. The number of ketones is 1. The largest absolute Gasteiger partial charge is 0.337 e. The molecule has 0 spiro atoms. The van der Waals surface area contributed by atoms with Crippen molar-refractivity contribution in [3.8, 4) is 11.4 Å². The van der Waals surface area contributed by atoms with Crippen molar-refractivity contribution in [3.05, 3.63) is 94.8 Å². The van der Waals surface area contributed by atoms with Crippen LogP contribution < -0.4 is 4.31 Å². The van der Waals surface area contributed by atoms with Gasteiger partial charge >= 0.3 is 0 Å². The molecule has 9 heteroatoms. The fourth-order valence-corrected chi connectivity index (χ4v) is 4.71. The summed E-state index contributed by atoms with van der Waals surface area (Å²) in [4.78, 5) is 16.1. The van der Waals surface area contributed by atoms with Crippen molar-refractivity contribution >= 4 is 33.1 Å². The number of anilines is 1. The third-order valence-electron chi connectivity index (χ3n) is 5.02. The van der Waals surface area contributed by atoms with Gasteiger partial charge in [0, 0.05) is 16.1 Å². The van der Waals surface area contributed by atoms with Crippen LogP contribution in [0.1, 0.15) is 28.7 Å². The maximum absolute atomic E-state index is 13.5. The molecule has 0 aliphatic carbocycles. The van der Waals surface area contributed by atoms with Crippen LogP contribution in [0.2, 0.25) is 5.02 Å². The quantitative estimate of drug-likeness (QED) is 0.333. The molecular formula is C24H20ClN3O4S. The number of halogens is 1. The predicted octanol–water partition coefficient (Wildman–Crippen LogP) is 5.30. The number of sulfonamides is 1. The molecule has 0 amide bonds. The molecule has 0 radical (unpaired) electrons. The first-order valence-electron chi connectivity index (χ1n) is 10.0. The van der Waals surface area contributed by atoms with Gasteiger partial charge < -0.3 is 4.52 Å². The molecular weight excluding hydrogens is 462 g/mol. The Morgan fingerprint density at radius 2 is 1.61 bits per heavy atom. The van der Waals surface area contributed by atoms with Crippen LogP contribution in [0.4, 0.5) is 5.69 Å². The molecule has 4 rings (SSSR count). The Hall–Kier alpha value is -3.49. The van der Waals surface area contributed by atoms with E-state index in [1.54, 1.807) is 24.3 Å². The third kappa shape index (κ3) is 4.97. The fraction of sp³-hybridized carbons (Fsp3) is 0.125. The Kier molecular flexibility index (Phi) is 6.31. The number of hydrogen-bond acceptors (Lipinski definition) is 6. The van der Waals surface area contributed by atoms with Crippen molar-refractivity contribution in [2.45, 2.75) is 25.3 Å². The van der Waals surface area contributed by atoms with Gasteiger partial charge in [0.1, 0.15) is 6.54 Å². The van der Waals surface area contributed by atoms with Gasteiger partial charge in [-0.25, -0.2) is 8.42 Å². The second-order valence-electron chi connectivity index (χ2n) is 7.45. The fourth-order valence-electron chi connectivity index (χ4n) is 3.17. The maximum atomic E-state index is 13.5. The molecule has 0 atom stereocenters. The molecule has 1 heterocycles. The molecule has 4 aromatic rings. The third-order valence-corrected chi connectivity index (χ3v) is 7.06. The maximum Gasteiger partial charge on any atom is 0.264 e. The topological polar surface area (TPSA) is 93.4 Å². The average Bonchev–Trinajstić information content (AvgIpc) is 3.27. The summed E-state index contributed by atoms with van der Waals surface area (Å²) in [7, 11) is -4.00. The van der Waals surface area contributed by atoms with Gasteiger partial charge in [0.25, 0.3) is 10.0 Å². The SMILES string of the molecule is CC(=O)c1ccc(N(Cc2nc(-c3ccc(C)cc3)no2)S(=O)(=O)c2ccc(Cl)cc2)cc1. The summed E-state index contributed by atoms with van der Waals surface area (Å²) in [6.07, 6.45) is 0. The van der Waals surface area contributed by atoms with E-state index in [1.807, 2.05) is 31.2 Å². The summed E-state index contributed by atoms with van der Waals surface area (Å²) in [5.41, 5.74) is 2.68. The van der Waals surface area contributed by atoms with Crippen LogP contribution in [0.3, 0.4) is 0 Å². The molecule has 0 saturated carbocycles. The van der Waals surface area contributed by atoms with Gasteiger partial charge in [-0.2, -0.15) is 4.98 Å². The summed E-state index contributed by atoms with van der Waals surface area (Å²) < 4.78 is 33.5. The van der Waals surface area contributed by atoms with E-state index in [9.17, 15) is 13.2 Å². The molecule has 0 unspecified atom stereocenters. The van der Waals surface area contributed by atoms with Crippen molar-refractivity contribution in [3.63, 3.8) is 0 Å². The lowest BCUT2D eigenvalue weighted by Crippen LogP contribution is -2.30. The highest BCUT2D eigenvalue weighted by Crippen LogP contribution is 2.28. The van der Waals surface area contributed by atoms with Crippen molar-refractivity contribution < 1.29 is 17.7 Å². The Balaban J connectivity index is 1.72. The van der Waals surface area contributed by atoms with Gasteiger partial charge in [0.15, 0.2) is 5.78 Å². The summed E-state index contributed by atoms with van der Waals surface area (Å²) in [5.74, 6) is 0.368. The number of nitrogens with zero attached hydrogens (tertiary/aromatic N) is 3. The molecule has 0 bridgehead atoms. The summed E-state index contributed by atoms with van der Waals surface area (Å²) in [6, 6.07) is 19.8. The van der Waals surface area contributed by atoms with Gasteiger partial charge in [0.2, 0.25) is 11.7 Å². The van der Waals surface area contributed by atoms with Crippen molar-refractivity contribution in [1.82, 2.24) is 10.1 Å². The smallest absolute Gasteiger partial charge is 0.264 e. The van der Waals surface area contributed by atoms with Crippen LogP contribution in [0, 0.1) is 6.92 Å². The average molecular weight is 482 g/mol. The molecule has 0 saturated heterocycles. The van der Waals surface area contributed by atoms with Crippen LogP contribution in [-0.4, -0.2) is 24.3 Å². The summed E-state index contributed by atoms with van der Waals surface area (Å²) in [5, 5.41) is 4.42. The van der Waals surface area contributed by atoms with Crippen LogP contribution in [0.5, 0.6) is 0 Å². The Bertz CT molecular complexity index is 1380. The van der Waals surface area contributed by atoms with Crippen LogP contribution >= 0.6 is 11.6 Å². The second kappa shape index (κ2) is 9.17. The van der Waals surface area contributed by atoms with E-state index in [0.29, 0.717) is 22.1 Å². The summed E-state index contributed by atoms with van der Waals surface area (Å²) in [6.45, 7) is 3.23. The Labute approximate surface area is 196 Å². The molecule has 1 aromatic heterocycles. The van der Waals surface area contributed by atoms with E-state index in [0.717, 1.165) is 15.4 Å². The molecule has 33 heavy (non-hydrogen) atoms. The van der Waals surface area contributed by atoms with E-state index >= 15 is 0 Å². The summed E-state index contributed by atoms with van der Waals surface area (Å²) >= 11 is 5.93. The van der Waals surface area contributed by atoms with Gasteiger partial charge in [-0.15, -0.1) is 0 Å². The first-order valence-corrected chi connectivity index (χ1v) is 11.8. The highest BCUT2D eigenvalue weighted by atomic mass is 35.5. The van der Waals surface area contributed by atoms with Crippen LogP contribution in [-0.2, 0) is 16.6 Å². The number of carbonyl (C=O) groups excluding carboxylic acids is 1. The first-order chi connectivity index (χ1) is 15.7. The molecule has 0 N–H and O–H groups in total. The molecule has 7 nitrogen and oxygen atoms in total. The zero-order chi connectivity index (χ0) is 23.6. The highest BCUT2D eigenvalue weighted by Gasteiger charge is 2.27. The van der Waals surface area contributed by atoms with Gasteiger partial charge in [-0.1, -0.05) is 46.6 Å². The predicted molar refractivity (Wildman–Crippen MR) is 126 cm³/mol. The van der Waals surface area contributed by atoms with E-state index in [2.05, 4.69) is 10.1 Å². The van der Waals surface area contributed by atoms with Crippen LogP contribution in [0.25, 0.3) is 11.4 Å². The molecule has 3 aromatic carbocycles.